The minimum absolute atomic E-state index is 0.0148. The van der Waals surface area contributed by atoms with Crippen LogP contribution in [0.5, 0.6) is 11.5 Å². The van der Waals surface area contributed by atoms with Crippen LogP contribution in [0.1, 0.15) is 23.2 Å². The third kappa shape index (κ3) is 3.25. The summed E-state index contributed by atoms with van der Waals surface area (Å²) in [6.07, 6.45) is 2.11. The van der Waals surface area contributed by atoms with Crippen LogP contribution in [0, 0.1) is 0 Å². The molecular formula is C14H16O5S. The molecule has 1 aliphatic heterocycles. The molecule has 1 heterocycles. The Labute approximate surface area is 121 Å². The first-order valence-corrected chi connectivity index (χ1v) is 7.48. The lowest BCUT2D eigenvalue weighted by Gasteiger charge is -2.24. The van der Waals surface area contributed by atoms with E-state index in [0.717, 1.165) is 24.3 Å². The molecule has 0 amide bonds. The van der Waals surface area contributed by atoms with Crippen molar-refractivity contribution in [2.45, 2.75) is 18.9 Å². The normalized spacial score (nSPS) is 18.4. The molecule has 1 aliphatic rings. The van der Waals surface area contributed by atoms with Gasteiger partial charge in [0.05, 0.1) is 12.7 Å². The number of carbonyl (C=O) groups is 2. The molecule has 2 rings (SSSR count). The van der Waals surface area contributed by atoms with E-state index in [1.165, 1.54) is 13.2 Å². The van der Waals surface area contributed by atoms with Crippen molar-refractivity contribution in [1.29, 1.82) is 0 Å². The average molecular weight is 296 g/mol. The fraction of sp³-hybridized carbons (Fsp3) is 0.429. The van der Waals surface area contributed by atoms with Crippen LogP contribution in [-0.4, -0.2) is 41.6 Å². The van der Waals surface area contributed by atoms with Crippen molar-refractivity contribution in [1.82, 2.24) is 0 Å². The molecule has 6 heteroatoms. The molecule has 1 atom stereocenters. The Morgan fingerprint density at radius 1 is 1.40 bits per heavy atom. The molecule has 1 unspecified atom stereocenters. The summed E-state index contributed by atoms with van der Waals surface area (Å²) in [6.45, 7) is 0. The summed E-state index contributed by atoms with van der Waals surface area (Å²) in [4.78, 5) is 22.4. The summed E-state index contributed by atoms with van der Waals surface area (Å²) in [5.74, 6) is 0.135. The standard InChI is InChI=1S/C14H16O5S/c1-18-13-10(12(15)14(16)17)5-2-6-11(13)19-9-4-3-7-20-8-9/h2,5-6,9H,3-4,7-8H2,1H3,(H,16,17). The molecule has 0 saturated carbocycles. The van der Waals surface area contributed by atoms with Gasteiger partial charge in [-0.15, -0.1) is 0 Å². The number of rotatable bonds is 5. The van der Waals surface area contributed by atoms with Crippen molar-refractivity contribution >= 4 is 23.5 Å². The van der Waals surface area contributed by atoms with E-state index in [-0.39, 0.29) is 17.4 Å². The van der Waals surface area contributed by atoms with Gasteiger partial charge in [-0.1, -0.05) is 6.07 Å². The quantitative estimate of drug-likeness (QED) is 0.663. The molecule has 0 bridgehead atoms. The Hall–Kier alpha value is -1.69. The number of ether oxygens (including phenoxy) is 2. The summed E-state index contributed by atoms with van der Waals surface area (Å²) >= 11 is 1.82. The summed E-state index contributed by atoms with van der Waals surface area (Å²) in [5.41, 5.74) is 0.0148. The maximum Gasteiger partial charge on any atom is 0.377 e. The first-order chi connectivity index (χ1) is 9.63. The maximum absolute atomic E-state index is 11.6. The van der Waals surface area contributed by atoms with Crippen LogP contribution in [0.3, 0.4) is 0 Å². The van der Waals surface area contributed by atoms with Crippen molar-refractivity contribution in [3.63, 3.8) is 0 Å². The number of aliphatic carboxylic acids is 1. The van der Waals surface area contributed by atoms with Crippen LogP contribution in [0.4, 0.5) is 0 Å². The van der Waals surface area contributed by atoms with Gasteiger partial charge in [0.1, 0.15) is 6.10 Å². The van der Waals surface area contributed by atoms with Crippen molar-refractivity contribution in [2.24, 2.45) is 0 Å². The van der Waals surface area contributed by atoms with E-state index >= 15 is 0 Å². The smallest absolute Gasteiger partial charge is 0.377 e. The highest BCUT2D eigenvalue weighted by atomic mass is 32.2. The average Bonchev–Trinajstić information content (AvgIpc) is 2.47. The predicted molar refractivity (Wildman–Crippen MR) is 75.9 cm³/mol. The molecule has 1 saturated heterocycles. The zero-order chi connectivity index (χ0) is 14.5. The van der Waals surface area contributed by atoms with Crippen molar-refractivity contribution in [3.05, 3.63) is 23.8 Å². The van der Waals surface area contributed by atoms with Gasteiger partial charge in [-0.3, -0.25) is 4.79 Å². The van der Waals surface area contributed by atoms with Gasteiger partial charge in [-0.25, -0.2) is 4.79 Å². The molecule has 5 nitrogen and oxygen atoms in total. The van der Waals surface area contributed by atoms with Gasteiger partial charge in [-0.05, 0) is 30.7 Å². The summed E-state index contributed by atoms with van der Waals surface area (Å²) in [5, 5.41) is 8.82. The first-order valence-electron chi connectivity index (χ1n) is 6.32. The Balaban J connectivity index is 2.26. The number of para-hydroxylation sites is 1. The highest BCUT2D eigenvalue weighted by molar-refractivity contribution is 7.99. The molecule has 1 fully saturated rings. The number of thioether (sulfide) groups is 1. The summed E-state index contributed by atoms with van der Waals surface area (Å²) in [7, 11) is 1.40. The van der Waals surface area contributed by atoms with Gasteiger partial charge < -0.3 is 14.6 Å². The lowest BCUT2D eigenvalue weighted by atomic mass is 10.1. The Morgan fingerprint density at radius 2 is 2.20 bits per heavy atom. The maximum atomic E-state index is 11.6. The molecule has 1 N–H and O–H groups in total. The zero-order valence-corrected chi connectivity index (χ0v) is 11.9. The zero-order valence-electron chi connectivity index (χ0n) is 11.1. The van der Waals surface area contributed by atoms with Crippen molar-refractivity contribution in [3.8, 4) is 11.5 Å². The molecule has 108 valence electrons. The predicted octanol–water partition coefficient (Wildman–Crippen LogP) is 2.24. The molecule has 0 aliphatic carbocycles. The van der Waals surface area contributed by atoms with Gasteiger partial charge in [0.15, 0.2) is 11.5 Å². The molecule has 1 aromatic rings. The number of methoxy groups -OCH3 is 1. The second-order valence-corrected chi connectivity index (χ2v) is 5.58. The number of hydrogen-bond donors (Lipinski definition) is 1. The van der Waals surface area contributed by atoms with Gasteiger partial charge in [0, 0.05) is 5.75 Å². The number of ketones is 1. The molecule has 1 aromatic carbocycles. The highest BCUT2D eigenvalue weighted by Crippen LogP contribution is 2.33. The van der Waals surface area contributed by atoms with Crippen molar-refractivity contribution < 1.29 is 24.2 Å². The monoisotopic (exact) mass is 296 g/mol. The molecule has 20 heavy (non-hydrogen) atoms. The number of benzene rings is 1. The largest absolute Gasteiger partial charge is 0.492 e. The van der Waals surface area contributed by atoms with Crippen LogP contribution >= 0.6 is 11.8 Å². The topological polar surface area (TPSA) is 72.8 Å². The van der Waals surface area contributed by atoms with Gasteiger partial charge in [-0.2, -0.15) is 11.8 Å². The number of carboxylic acid groups (broad SMARTS) is 1. The molecule has 0 spiro atoms. The fourth-order valence-electron chi connectivity index (χ4n) is 2.10. The second kappa shape index (κ2) is 6.65. The first kappa shape index (κ1) is 14.7. The molecule has 0 aromatic heterocycles. The number of carboxylic acids is 1. The van der Waals surface area contributed by atoms with E-state index in [1.54, 1.807) is 12.1 Å². The Morgan fingerprint density at radius 3 is 2.80 bits per heavy atom. The summed E-state index contributed by atoms with van der Waals surface area (Å²) in [6, 6.07) is 4.72. The third-order valence-corrected chi connectivity index (χ3v) is 4.22. The van der Waals surface area contributed by atoms with Crippen molar-refractivity contribution in [2.75, 3.05) is 18.6 Å². The van der Waals surface area contributed by atoms with Gasteiger partial charge in [0.2, 0.25) is 0 Å². The van der Waals surface area contributed by atoms with E-state index in [1.807, 2.05) is 11.8 Å². The van der Waals surface area contributed by atoms with E-state index in [0.29, 0.717) is 5.75 Å². The Bertz CT molecular complexity index is 508. The number of carbonyl (C=O) groups excluding carboxylic acids is 1. The van der Waals surface area contributed by atoms with Crippen LogP contribution in [-0.2, 0) is 4.79 Å². The second-order valence-electron chi connectivity index (χ2n) is 4.43. The lowest BCUT2D eigenvalue weighted by molar-refractivity contribution is -0.131. The minimum Gasteiger partial charge on any atom is -0.492 e. The van der Waals surface area contributed by atoms with Gasteiger partial charge in [0.25, 0.3) is 5.78 Å². The summed E-state index contributed by atoms with van der Waals surface area (Å²) < 4.78 is 11.0. The minimum atomic E-state index is -1.51. The van der Waals surface area contributed by atoms with Crippen LogP contribution in [0.2, 0.25) is 0 Å². The SMILES string of the molecule is COc1c(OC2CCCSC2)cccc1C(=O)C(=O)O. The van der Waals surface area contributed by atoms with Crippen LogP contribution < -0.4 is 9.47 Å². The lowest BCUT2D eigenvalue weighted by Crippen LogP contribution is -2.24. The number of hydrogen-bond acceptors (Lipinski definition) is 5. The van der Waals surface area contributed by atoms with E-state index in [2.05, 4.69) is 0 Å². The Kier molecular flexibility index (Phi) is 4.89. The van der Waals surface area contributed by atoms with Crippen LogP contribution in [0.15, 0.2) is 18.2 Å². The molecular weight excluding hydrogens is 280 g/mol. The van der Waals surface area contributed by atoms with E-state index < -0.39 is 11.8 Å². The number of Topliss-reactive ketones (excluding diaryl/α,β-unsaturated/α-hetero) is 1. The van der Waals surface area contributed by atoms with E-state index in [9.17, 15) is 9.59 Å². The third-order valence-electron chi connectivity index (χ3n) is 3.03. The fourth-order valence-corrected chi connectivity index (χ4v) is 3.13. The van der Waals surface area contributed by atoms with Crippen LogP contribution in [0.25, 0.3) is 0 Å². The van der Waals surface area contributed by atoms with E-state index in [4.69, 9.17) is 14.6 Å². The molecule has 0 radical (unpaired) electrons. The highest BCUT2D eigenvalue weighted by Gasteiger charge is 2.24. The van der Waals surface area contributed by atoms with Gasteiger partial charge >= 0.3 is 5.97 Å².